The molecule has 0 atom stereocenters. The van der Waals surface area contributed by atoms with E-state index in [0.717, 1.165) is 55.9 Å². The third-order valence-electron chi connectivity index (χ3n) is 9.41. The molecule has 246 valence electrons. The minimum atomic E-state index is 0.606. The van der Waals surface area contributed by atoms with Crippen LogP contribution in [0.5, 0.6) is 0 Å². The normalized spacial score (nSPS) is 11.3. The fourth-order valence-corrected chi connectivity index (χ4v) is 7.00. The number of nitrogens with zero attached hydrogens (tertiary/aromatic N) is 5. The molecule has 0 amide bonds. The Morgan fingerprint density at radius 1 is 0.288 bits per heavy atom. The Hall–Kier alpha value is -6.85. The Labute approximate surface area is 302 Å². The van der Waals surface area contributed by atoms with E-state index in [-0.39, 0.29) is 0 Å². The van der Waals surface area contributed by atoms with Gasteiger partial charge in [0.15, 0.2) is 23.3 Å². The smallest absolute Gasteiger partial charge is 0.164 e. The van der Waals surface area contributed by atoms with E-state index in [9.17, 15) is 0 Å². The van der Waals surface area contributed by atoms with Gasteiger partial charge >= 0.3 is 0 Å². The third kappa shape index (κ3) is 5.99. The Bertz CT molecular complexity index is 2680. The first kappa shape index (κ1) is 31.2. The average molecular weight is 668 g/mol. The van der Waals surface area contributed by atoms with Crippen LogP contribution in [0.25, 0.3) is 89.4 Å². The van der Waals surface area contributed by atoms with Crippen molar-refractivity contribution >= 4 is 21.5 Å². The quantitative estimate of drug-likeness (QED) is 0.165. The van der Waals surface area contributed by atoms with Gasteiger partial charge in [-0.25, -0.2) is 24.9 Å². The standard InChI is InChI=1S/C47H33N5/c1-30-24-31(2)49-46(48-30)36-20-13-19-34(25-36)37-26-38(43-29-35-18-9-10-21-40(35)41-22-11-12-23-42(41)43)28-39(27-37)47-51-44(32-14-5-3-6-15-32)50-45(52-47)33-16-7-4-8-17-33/h3-29H,1-2H3. The van der Waals surface area contributed by atoms with Crippen molar-refractivity contribution < 1.29 is 0 Å². The number of hydrogen-bond donors (Lipinski definition) is 0. The molecule has 7 aromatic carbocycles. The number of benzene rings is 7. The molecule has 0 N–H and O–H groups in total. The zero-order chi connectivity index (χ0) is 35.0. The van der Waals surface area contributed by atoms with Gasteiger partial charge in [0.2, 0.25) is 0 Å². The molecule has 2 aromatic heterocycles. The number of hydrogen-bond acceptors (Lipinski definition) is 5. The SMILES string of the molecule is Cc1cc(C)nc(-c2cccc(-c3cc(-c4nc(-c5ccccc5)nc(-c5ccccc5)n4)cc(-c4cc5ccccc5c5ccccc45)c3)c2)n1. The first-order valence-corrected chi connectivity index (χ1v) is 17.4. The molecule has 0 aliphatic carbocycles. The predicted octanol–water partition coefficient (Wildman–Crippen LogP) is 11.6. The van der Waals surface area contributed by atoms with Gasteiger partial charge in [-0.05, 0) is 94.0 Å². The van der Waals surface area contributed by atoms with E-state index in [4.69, 9.17) is 24.9 Å². The minimum Gasteiger partial charge on any atom is -0.233 e. The first-order chi connectivity index (χ1) is 25.6. The van der Waals surface area contributed by atoms with Crippen molar-refractivity contribution in [3.05, 3.63) is 175 Å². The Balaban J connectivity index is 1.31. The van der Waals surface area contributed by atoms with Crippen LogP contribution in [0, 0.1) is 13.8 Å². The number of aromatic nitrogens is 5. The summed E-state index contributed by atoms with van der Waals surface area (Å²) in [6, 6.07) is 56.9. The van der Waals surface area contributed by atoms with Gasteiger partial charge < -0.3 is 0 Å². The Kier molecular flexibility index (Phi) is 7.86. The lowest BCUT2D eigenvalue weighted by molar-refractivity contribution is 1.06. The maximum Gasteiger partial charge on any atom is 0.164 e. The van der Waals surface area contributed by atoms with Gasteiger partial charge in [-0.2, -0.15) is 0 Å². The zero-order valence-corrected chi connectivity index (χ0v) is 28.8. The monoisotopic (exact) mass is 667 g/mol. The van der Waals surface area contributed by atoms with Gasteiger partial charge in [0.1, 0.15) is 0 Å². The van der Waals surface area contributed by atoms with Crippen molar-refractivity contribution in [3.63, 3.8) is 0 Å². The number of fused-ring (bicyclic) bond motifs is 3. The van der Waals surface area contributed by atoms with E-state index >= 15 is 0 Å². The van der Waals surface area contributed by atoms with Crippen LogP contribution in [0.4, 0.5) is 0 Å². The van der Waals surface area contributed by atoms with Crippen molar-refractivity contribution in [1.29, 1.82) is 0 Å². The van der Waals surface area contributed by atoms with E-state index in [0.29, 0.717) is 23.3 Å². The lowest BCUT2D eigenvalue weighted by atomic mass is 9.90. The van der Waals surface area contributed by atoms with Crippen molar-refractivity contribution in [2.24, 2.45) is 0 Å². The van der Waals surface area contributed by atoms with Crippen molar-refractivity contribution in [1.82, 2.24) is 24.9 Å². The van der Waals surface area contributed by atoms with Crippen molar-refractivity contribution in [2.75, 3.05) is 0 Å². The zero-order valence-electron chi connectivity index (χ0n) is 28.8. The average Bonchev–Trinajstić information content (AvgIpc) is 3.20. The highest BCUT2D eigenvalue weighted by Crippen LogP contribution is 2.39. The summed E-state index contributed by atoms with van der Waals surface area (Å²) < 4.78 is 0. The molecule has 9 rings (SSSR count). The summed E-state index contributed by atoms with van der Waals surface area (Å²) in [4.78, 5) is 24.7. The van der Waals surface area contributed by atoms with Crippen LogP contribution in [0.1, 0.15) is 11.4 Å². The summed E-state index contributed by atoms with van der Waals surface area (Å²) >= 11 is 0. The minimum absolute atomic E-state index is 0.606. The first-order valence-electron chi connectivity index (χ1n) is 17.4. The van der Waals surface area contributed by atoms with Crippen molar-refractivity contribution in [2.45, 2.75) is 13.8 Å². The molecular formula is C47H33N5. The summed E-state index contributed by atoms with van der Waals surface area (Å²) in [5.41, 5.74) is 9.92. The summed E-state index contributed by atoms with van der Waals surface area (Å²) in [7, 11) is 0. The summed E-state index contributed by atoms with van der Waals surface area (Å²) in [5.74, 6) is 2.58. The molecule has 9 aromatic rings. The molecule has 0 aliphatic rings. The maximum absolute atomic E-state index is 5.12. The third-order valence-corrected chi connectivity index (χ3v) is 9.41. The van der Waals surface area contributed by atoms with Gasteiger partial charge in [0.25, 0.3) is 0 Å². The molecule has 0 unspecified atom stereocenters. The van der Waals surface area contributed by atoms with Crippen LogP contribution < -0.4 is 0 Å². The lowest BCUT2D eigenvalue weighted by Crippen LogP contribution is -2.00. The second kappa shape index (κ2) is 13.1. The maximum atomic E-state index is 5.12. The molecule has 0 spiro atoms. The van der Waals surface area contributed by atoms with Gasteiger partial charge in [0, 0.05) is 33.6 Å². The summed E-state index contributed by atoms with van der Waals surface area (Å²) in [6.45, 7) is 4.02. The molecule has 5 heteroatoms. The fourth-order valence-electron chi connectivity index (χ4n) is 7.00. The van der Waals surface area contributed by atoms with Crippen LogP contribution in [-0.2, 0) is 0 Å². The second-order valence-electron chi connectivity index (χ2n) is 13.1. The molecule has 0 saturated carbocycles. The van der Waals surface area contributed by atoms with E-state index < -0.39 is 0 Å². The highest BCUT2D eigenvalue weighted by Gasteiger charge is 2.17. The van der Waals surface area contributed by atoms with Crippen LogP contribution in [0.2, 0.25) is 0 Å². The van der Waals surface area contributed by atoms with Crippen LogP contribution >= 0.6 is 0 Å². The molecule has 5 nitrogen and oxygen atoms in total. The van der Waals surface area contributed by atoms with E-state index in [1.165, 1.54) is 21.5 Å². The van der Waals surface area contributed by atoms with E-state index in [1.54, 1.807) is 0 Å². The van der Waals surface area contributed by atoms with E-state index in [2.05, 4.69) is 97.1 Å². The summed E-state index contributed by atoms with van der Waals surface area (Å²) in [6.07, 6.45) is 0. The van der Waals surface area contributed by atoms with Crippen LogP contribution in [0.3, 0.4) is 0 Å². The Morgan fingerprint density at radius 2 is 0.750 bits per heavy atom. The van der Waals surface area contributed by atoms with Crippen LogP contribution in [0.15, 0.2) is 164 Å². The van der Waals surface area contributed by atoms with Gasteiger partial charge in [0.05, 0.1) is 0 Å². The molecule has 2 heterocycles. The van der Waals surface area contributed by atoms with Gasteiger partial charge in [-0.3, -0.25) is 0 Å². The summed E-state index contributed by atoms with van der Waals surface area (Å²) in [5, 5.41) is 4.83. The fraction of sp³-hybridized carbons (Fsp3) is 0.0426. The molecule has 0 aliphatic heterocycles. The number of rotatable bonds is 6. The topological polar surface area (TPSA) is 64.5 Å². The Morgan fingerprint density at radius 3 is 1.42 bits per heavy atom. The molecule has 0 bridgehead atoms. The van der Waals surface area contributed by atoms with E-state index in [1.807, 2.05) is 80.6 Å². The van der Waals surface area contributed by atoms with Gasteiger partial charge in [-0.15, -0.1) is 0 Å². The van der Waals surface area contributed by atoms with Crippen LogP contribution in [-0.4, -0.2) is 24.9 Å². The molecule has 52 heavy (non-hydrogen) atoms. The lowest BCUT2D eigenvalue weighted by Gasteiger charge is -2.15. The highest BCUT2D eigenvalue weighted by atomic mass is 15.0. The molecule has 0 fully saturated rings. The number of aryl methyl sites for hydroxylation is 2. The second-order valence-corrected chi connectivity index (χ2v) is 13.1. The van der Waals surface area contributed by atoms with Gasteiger partial charge in [-0.1, -0.05) is 127 Å². The molecular weight excluding hydrogens is 635 g/mol. The van der Waals surface area contributed by atoms with Crippen molar-refractivity contribution in [3.8, 4) is 67.8 Å². The largest absolute Gasteiger partial charge is 0.233 e. The molecule has 0 radical (unpaired) electrons. The predicted molar refractivity (Wildman–Crippen MR) is 213 cm³/mol. The highest BCUT2D eigenvalue weighted by molar-refractivity contribution is 6.14. The molecule has 0 saturated heterocycles.